The molecule has 0 fully saturated rings. The Morgan fingerprint density at radius 3 is 2.10 bits per heavy atom. The van der Waals surface area contributed by atoms with E-state index in [0.29, 0.717) is 0 Å². The molecule has 0 unspecified atom stereocenters. The Morgan fingerprint density at radius 1 is 1.30 bits per heavy atom. The SMILES string of the molecule is Cl.Cl.Cl.[CH3][Y][C]1=CC=CC1. The summed E-state index contributed by atoms with van der Waals surface area (Å²) in [7, 11) is 0. The fourth-order valence-corrected chi connectivity index (χ4v) is 2.34. The van der Waals surface area contributed by atoms with Crippen LogP contribution in [0.25, 0.3) is 0 Å². The monoisotopic (exact) mass is 277 g/mol. The molecule has 0 aromatic carbocycles. The molecule has 0 N–H and O–H groups in total. The zero-order valence-electron chi connectivity index (χ0n) is 5.74. The molecule has 1 rings (SSSR count). The zero-order valence-corrected chi connectivity index (χ0v) is 11.0. The van der Waals surface area contributed by atoms with Crippen LogP contribution in [0.4, 0.5) is 0 Å². The average Bonchev–Trinajstić information content (AvgIpc) is 2.14. The van der Waals surface area contributed by atoms with E-state index in [1.165, 1.54) is 6.42 Å². The molecule has 10 heavy (non-hydrogen) atoms. The van der Waals surface area contributed by atoms with Crippen molar-refractivity contribution in [3.63, 3.8) is 0 Å². The maximum atomic E-state index is 2.38. The minimum absolute atomic E-state index is 0. The molecule has 0 saturated heterocycles. The van der Waals surface area contributed by atoms with Crippen LogP contribution in [0.5, 0.6) is 0 Å². The summed E-state index contributed by atoms with van der Waals surface area (Å²) in [6.07, 6.45) is 7.97. The van der Waals surface area contributed by atoms with Crippen molar-refractivity contribution in [2.75, 3.05) is 0 Å². The molecule has 0 saturated carbocycles. The first-order chi connectivity index (χ1) is 3.43. The Bertz CT molecular complexity index is 120. The van der Waals surface area contributed by atoms with Gasteiger partial charge in [0.1, 0.15) is 0 Å². The van der Waals surface area contributed by atoms with Gasteiger partial charge in [-0.05, 0) is 0 Å². The second kappa shape index (κ2) is 10.5. The van der Waals surface area contributed by atoms with E-state index in [9.17, 15) is 0 Å². The van der Waals surface area contributed by atoms with Gasteiger partial charge < -0.3 is 0 Å². The molecule has 59 valence electrons. The second-order valence-electron chi connectivity index (χ2n) is 1.66. The van der Waals surface area contributed by atoms with Crippen molar-refractivity contribution in [1.82, 2.24) is 0 Å². The van der Waals surface area contributed by atoms with Crippen molar-refractivity contribution in [3.8, 4) is 0 Å². The van der Waals surface area contributed by atoms with Crippen molar-refractivity contribution in [3.05, 3.63) is 20.6 Å². The van der Waals surface area contributed by atoms with Gasteiger partial charge in [0.25, 0.3) is 0 Å². The fraction of sp³-hybridized carbons (Fsp3) is 0.333. The van der Waals surface area contributed by atoms with E-state index >= 15 is 0 Å². The van der Waals surface area contributed by atoms with E-state index < -0.39 is 0 Å². The summed E-state index contributed by atoms with van der Waals surface area (Å²) in [5.41, 5.74) is 0. The molecule has 4 heteroatoms. The number of rotatable bonds is 1. The molecule has 0 bridgehead atoms. The van der Waals surface area contributed by atoms with Gasteiger partial charge >= 0.3 is 60.0 Å². The molecule has 0 atom stereocenters. The summed E-state index contributed by atoms with van der Waals surface area (Å²) in [5.74, 6) is 0. The molecule has 0 heterocycles. The molecule has 0 amide bonds. The van der Waals surface area contributed by atoms with Gasteiger partial charge in [-0.1, -0.05) is 0 Å². The molecular weight excluding hydrogens is 267 g/mol. The van der Waals surface area contributed by atoms with Crippen LogP contribution in [0.1, 0.15) is 6.42 Å². The first-order valence-electron chi connectivity index (χ1n) is 2.58. The first-order valence-corrected chi connectivity index (χ1v) is 6.84. The van der Waals surface area contributed by atoms with Crippen LogP contribution < -0.4 is 0 Å². The Hall–Kier alpha value is 1.45. The molecule has 1 aliphatic carbocycles. The van der Waals surface area contributed by atoms with Gasteiger partial charge in [-0.3, -0.25) is 0 Å². The van der Waals surface area contributed by atoms with Gasteiger partial charge in [-0.2, -0.15) is 0 Å². The Morgan fingerprint density at radius 2 is 1.90 bits per heavy atom. The number of hydrogen-bond acceptors (Lipinski definition) is 0. The van der Waals surface area contributed by atoms with Crippen LogP contribution in [0.2, 0.25) is 3.73 Å². The number of hydrogen-bond donors (Lipinski definition) is 0. The normalized spacial score (nSPS) is 11.5. The van der Waals surface area contributed by atoms with Gasteiger partial charge in [-0.25, -0.2) is 0 Å². The van der Waals surface area contributed by atoms with E-state index in [0.717, 1.165) is 0 Å². The molecular formula is C6H11Cl3Y. The third-order valence-corrected chi connectivity index (χ3v) is 4.05. The number of allylic oxidation sites excluding steroid dienone is 4. The third kappa shape index (κ3) is 6.18. The molecule has 0 spiro atoms. The van der Waals surface area contributed by atoms with Crippen LogP contribution in [-0.2, 0) is 29.2 Å². The standard InChI is InChI=1S/C5H5.CH3.3ClH.Y/c1-2-4-5-3-1;;;;;/h1-3H,4H2;1H3;3*1H;. The van der Waals surface area contributed by atoms with E-state index in [1.54, 1.807) is 2.38 Å². The van der Waals surface area contributed by atoms with Gasteiger partial charge in [0.2, 0.25) is 0 Å². The molecule has 0 nitrogen and oxygen atoms in total. The summed E-state index contributed by atoms with van der Waals surface area (Å²) in [4.78, 5) is 0. The predicted molar refractivity (Wildman–Crippen MR) is 49.4 cm³/mol. The zero-order chi connectivity index (χ0) is 5.11. The van der Waals surface area contributed by atoms with Gasteiger partial charge in [0.05, 0.1) is 0 Å². The Balaban J connectivity index is -0.000000163. The fourth-order valence-electron chi connectivity index (χ4n) is 0.678. The average molecular weight is 278 g/mol. The van der Waals surface area contributed by atoms with Gasteiger partial charge in [0.15, 0.2) is 0 Å². The molecule has 0 aliphatic heterocycles. The summed E-state index contributed by atoms with van der Waals surface area (Å²) >= 11 is -0.189. The van der Waals surface area contributed by atoms with Gasteiger partial charge in [0, 0.05) is 0 Å². The van der Waals surface area contributed by atoms with Crippen LogP contribution in [0.3, 0.4) is 0 Å². The summed E-state index contributed by atoms with van der Waals surface area (Å²) in [6, 6.07) is 0. The summed E-state index contributed by atoms with van der Waals surface area (Å²) in [5, 5.41) is 0. The summed E-state index contributed by atoms with van der Waals surface area (Å²) < 4.78 is 4.13. The quantitative estimate of drug-likeness (QED) is 0.691. The second-order valence-corrected chi connectivity index (χ2v) is 4.90. The van der Waals surface area contributed by atoms with Crippen LogP contribution >= 0.6 is 37.2 Å². The van der Waals surface area contributed by atoms with E-state index in [4.69, 9.17) is 0 Å². The maximum absolute atomic E-state index is 2.38. The molecule has 1 aliphatic rings. The predicted octanol–water partition coefficient (Wildman–Crippen LogP) is 3.23. The van der Waals surface area contributed by atoms with E-state index in [2.05, 4.69) is 22.0 Å². The minimum atomic E-state index is -0.189. The van der Waals surface area contributed by atoms with Crippen molar-refractivity contribution >= 4 is 37.2 Å². The van der Waals surface area contributed by atoms with Gasteiger partial charge in [-0.15, -0.1) is 37.2 Å². The molecule has 0 radical (unpaired) electrons. The van der Waals surface area contributed by atoms with Crippen LogP contribution in [0, 0.1) is 0 Å². The van der Waals surface area contributed by atoms with E-state index in [-0.39, 0.29) is 66.4 Å². The Kier molecular flexibility index (Phi) is 18.3. The number of halogens is 3. The molecule has 0 aromatic heterocycles. The third-order valence-electron chi connectivity index (χ3n) is 1.17. The molecule has 0 aromatic rings. The van der Waals surface area contributed by atoms with Crippen molar-refractivity contribution in [2.45, 2.75) is 10.2 Å². The van der Waals surface area contributed by atoms with Crippen molar-refractivity contribution in [1.29, 1.82) is 0 Å². The van der Waals surface area contributed by atoms with Crippen LogP contribution in [-0.4, -0.2) is 0 Å². The summed E-state index contributed by atoms with van der Waals surface area (Å²) in [6.45, 7) is 0. The van der Waals surface area contributed by atoms with Crippen molar-refractivity contribution < 1.29 is 29.2 Å². The van der Waals surface area contributed by atoms with Crippen LogP contribution in [0.15, 0.2) is 20.6 Å². The topological polar surface area (TPSA) is 0 Å². The van der Waals surface area contributed by atoms with E-state index in [1.807, 2.05) is 0 Å². The first kappa shape index (κ1) is 17.5. The Labute approximate surface area is 96.1 Å². The van der Waals surface area contributed by atoms with Crippen molar-refractivity contribution in [2.24, 2.45) is 0 Å².